The number of hydrogen-bond acceptors (Lipinski definition) is 2. The van der Waals surface area contributed by atoms with Gasteiger partial charge in [0.05, 0.1) is 12.7 Å². The molecule has 3 heteroatoms. The molecule has 0 atom stereocenters. The number of rotatable bonds is 7. The van der Waals surface area contributed by atoms with Crippen LogP contribution in [0.1, 0.15) is 24.5 Å². The van der Waals surface area contributed by atoms with Crippen molar-refractivity contribution < 1.29 is 0 Å². The minimum atomic E-state index is 0.833. The molecule has 0 aliphatic carbocycles. The van der Waals surface area contributed by atoms with E-state index in [1.165, 1.54) is 11.1 Å². The Bertz CT molecular complexity index is 500. The van der Waals surface area contributed by atoms with Gasteiger partial charge >= 0.3 is 0 Å². The summed E-state index contributed by atoms with van der Waals surface area (Å²) in [6.07, 6.45) is 9.38. The van der Waals surface area contributed by atoms with Crippen LogP contribution in [0.3, 0.4) is 0 Å². The zero-order chi connectivity index (χ0) is 13.3. The van der Waals surface area contributed by atoms with E-state index < -0.39 is 0 Å². The number of aromatic nitrogens is 2. The molecule has 3 nitrogen and oxygen atoms in total. The molecule has 0 aliphatic rings. The van der Waals surface area contributed by atoms with Gasteiger partial charge in [0.2, 0.25) is 0 Å². The summed E-state index contributed by atoms with van der Waals surface area (Å²) in [6.45, 7) is 4.77. The molecule has 2 aromatic rings. The summed E-state index contributed by atoms with van der Waals surface area (Å²) in [7, 11) is 0. The van der Waals surface area contributed by atoms with Crippen LogP contribution in [0.5, 0.6) is 0 Å². The first-order valence-electron chi connectivity index (χ1n) is 6.75. The van der Waals surface area contributed by atoms with Gasteiger partial charge in [-0.2, -0.15) is 5.10 Å². The van der Waals surface area contributed by atoms with Gasteiger partial charge in [-0.15, -0.1) is 0 Å². The molecule has 0 unspecified atom stereocenters. The lowest BCUT2D eigenvalue weighted by molar-refractivity contribution is 0.678. The van der Waals surface area contributed by atoms with Gasteiger partial charge in [0.1, 0.15) is 0 Å². The first-order chi connectivity index (χ1) is 9.38. The molecule has 100 valence electrons. The molecule has 1 N–H and O–H groups in total. The van der Waals surface area contributed by atoms with Gasteiger partial charge in [-0.1, -0.05) is 42.5 Å². The average Bonchev–Trinajstić information content (AvgIpc) is 2.87. The van der Waals surface area contributed by atoms with Gasteiger partial charge in [0.15, 0.2) is 0 Å². The van der Waals surface area contributed by atoms with Gasteiger partial charge in [0.25, 0.3) is 0 Å². The van der Waals surface area contributed by atoms with Crippen LogP contribution in [0.15, 0.2) is 54.9 Å². The van der Waals surface area contributed by atoms with Crippen molar-refractivity contribution in [2.24, 2.45) is 0 Å². The van der Waals surface area contributed by atoms with Crippen molar-refractivity contribution in [1.29, 1.82) is 0 Å². The Morgan fingerprint density at radius 2 is 2.05 bits per heavy atom. The van der Waals surface area contributed by atoms with E-state index in [0.29, 0.717) is 0 Å². The second kappa shape index (κ2) is 7.54. The number of nitrogens with zero attached hydrogens (tertiary/aromatic N) is 2. The van der Waals surface area contributed by atoms with Crippen LogP contribution < -0.4 is 5.32 Å². The van der Waals surface area contributed by atoms with E-state index in [9.17, 15) is 0 Å². The number of nitrogens with one attached hydrogen (secondary N) is 1. The number of allylic oxidation sites excluding steroid dienone is 1. The molecule has 0 spiro atoms. The standard InChI is InChI=1S/C16H21N3/c1-2-3-7-10-17-11-16-12-18-19(14-16)13-15-8-5-4-6-9-15/h2-6,8-9,12,14,17H,7,10-11,13H2,1H3/b3-2+. The predicted molar refractivity (Wildman–Crippen MR) is 78.9 cm³/mol. The summed E-state index contributed by atoms with van der Waals surface area (Å²) < 4.78 is 1.98. The van der Waals surface area contributed by atoms with E-state index in [1.54, 1.807) is 0 Å². The lowest BCUT2D eigenvalue weighted by atomic mass is 10.2. The molecule has 0 radical (unpaired) electrons. The molecule has 0 saturated heterocycles. The molecular formula is C16H21N3. The highest BCUT2D eigenvalue weighted by molar-refractivity contribution is 5.15. The van der Waals surface area contributed by atoms with E-state index in [-0.39, 0.29) is 0 Å². The Morgan fingerprint density at radius 3 is 2.84 bits per heavy atom. The molecule has 19 heavy (non-hydrogen) atoms. The SMILES string of the molecule is C/C=C/CCNCc1cnn(Cc2ccccc2)c1. The highest BCUT2D eigenvalue weighted by atomic mass is 15.3. The second-order valence-electron chi connectivity index (χ2n) is 4.57. The Morgan fingerprint density at radius 1 is 1.21 bits per heavy atom. The van der Waals surface area contributed by atoms with Crippen molar-refractivity contribution in [3.8, 4) is 0 Å². The van der Waals surface area contributed by atoms with Gasteiger partial charge in [-0.05, 0) is 25.5 Å². The minimum absolute atomic E-state index is 0.833. The molecule has 1 aromatic carbocycles. The average molecular weight is 255 g/mol. The van der Waals surface area contributed by atoms with Gasteiger partial charge < -0.3 is 5.32 Å². The predicted octanol–water partition coefficient (Wildman–Crippen LogP) is 2.99. The highest BCUT2D eigenvalue weighted by Gasteiger charge is 1.99. The largest absolute Gasteiger partial charge is 0.312 e. The fourth-order valence-corrected chi connectivity index (χ4v) is 1.94. The summed E-state index contributed by atoms with van der Waals surface area (Å²) in [5, 5.41) is 7.80. The lowest BCUT2D eigenvalue weighted by Crippen LogP contribution is -2.13. The van der Waals surface area contributed by atoms with Crippen LogP contribution in [-0.4, -0.2) is 16.3 Å². The second-order valence-corrected chi connectivity index (χ2v) is 4.57. The van der Waals surface area contributed by atoms with Gasteiger partial charge in [-0.25, -0.2) is 0 Å². The van der Waals surface area contributed by atoms with E-state index in [0.717, 1.165) is 26.1 Å². The molecule has 1 heterocycles. The van der Waals surface area contributed by atoms with Gasteiger partial charge in [-0.3, -0.25) is 4.68 Å². The zero-order valence-corrected chi connectivity index (χ0v) is 11.4. The van der Waals surface area contributed by atoms with Crippen LogP contribution in [0, 0.1) is 0 Å². The quantitative estimate of drug-likeness (QED) is 0.609. The fraction of sp³-hybridized carbons (Fsp3) is 0.312. The van der Waals surface area contributed by atoms with E-state index >= 15 is 0 Å². The maximum absolute atomic E-state index is 4.39. The lowest BCUT2D eigenvalue weighted by Gasteiger charge is -2.01. The molecule has 0 fully saturated rings. The Kier molecular flexibility index (Phi) is 5.38. The molecule has 0 saturated carbocycles. The van der Waals surface area contributed by atoms with Crippen LogP contribution in [-0.2, 0) is 13.1 Å². The number of benzene rings is 1. The molecule has 1 aromatic heterocycles. The topological polar surface area (TPSA) is 29.9 Å². The first kappa shape index (κ1) is 13.6. The Balaban J connectivity index is 1.79. The fourth-order valence-electron chi connectivity index (χ4n) is 1.94. The van der Waals surface area contributed by atoms with E-state index in [2.05, 4.69) is 53.0 Å². The maximum Gasteiger partial charge on any atom is 0.0659 e. The van der Waals surface area contributed by atoms with Crippen molar-refractivity contribution in [1.82, 2.24) is 15.1 Å². The first-order valence-corrected chi connectivity index (χ1v) is 6.75. The van der Waals surface area contributed by atoms with Crippen LogP contribution in [0.25, 0.3) is 0 Å². The third-order valence-electron chi connectivity index (χ3n) is 2.93. The van der Waals surface area contributed by atoms with Crippen LogP contribution in [0.4, 0.5) is 0 Å². The van der Waals surface area contributed by atoms with Crippen molar-refractivity contribution >= 4 is 0 Å². The van der Waals surface area contributed by atoms with Gasteiger partial charge in [0, 0.05) is 18.3 Å². The normalized spacial score (nSPS) is 11.2. The number of hydrogen-bond donors (Lipinski definition) is 1. The highest BCUT2D eigenvalue weighted by Crippen LogP contribution is 2.03. The van der Waals surface area contributed by atoms with Crippen molar-refractivity contribution in [2.75, 3.05) is 6.54 Å². The molecule has 0 bridgehead atoms. The van der Waals surface area contributed by atoms with Crippen LogP contribution in [0.2, 0.25) is 0 Å². The molecule has 0 amide bonds. The monoisotopic (exact) mass is 255 g/mol. The maximum atomic E-state index is 4.39. The van der Waals surface area contributed by atoms with Crippen LogP contribution >= 0.6 is 0 Å². The Hall–Kier alpha value is -1.87. The van der Waals surface area contributed by atoms with Crippen molar-refractivity contribution in [3.63, 3.8) is 0 Å². The summed E-state index contributed by atoms with van der Waals surface area (Å²) in [6, 6.07) is 10.4. The molecular weight excluding hydrogens is 234 g/mol. The van der Waals surface area contributed by atoms with Crippen molar-refractivity contribution in [2.45, 2.75) is 26.4 Å². The Labute approximate surface area is 115 Å². The summed E-state index contributed by atoms with van der Waals surface area (Å²) in [5.74, 6) is 0. The van der Waals surface area contributed by atoms with Crippen molar-refractivity contribution in [3.05, 3.63) is 66.0 Å². The molecule has 0 aliphatic heterocycles. The smallest absolute Gasteiger partial charge is 0.0659 e. The third-order valence-corrected chi connectivity index (χ3v) is 2.93. The minimum Gasteiger partial charge on any atom is -0.312 e. The summed E-state index contributed by atoms with van der Waals surface area (Å²) >= 11 is 0. The third kappa shape index (κ3) is 4.72. The van der Waals surface area contributed by atoms with E-state index in [4.69, 9.17) is 0 Å². The zero-order valence-electron chi connectivity index (χ0n) is 11.4. The molecule has 2 rings (SSSR count). The van der Waals surface area contributed by atoms with E-state index in [1.807, 2.05) is 23.9 Å². The summed E-state index contributed by atoms with van der Waals surface area (Å²) in [5.41, 5.74) is 2.51. The summed E-state index contributed by atoms with van der Waals surface area (Å²) in [4.78, 5) is 0.